The molecule has 0 unspecified atom stereocenters. The summed E-state index contributed by atoms with van der Waals surface area (Å²) < 4.78 is 26.8. The summed E-state index contributed by atoms with van der Waals surface area (Å²) in [4.78, 5) is 15.0. The third kappa shape index (κ3) is 4.04. The quantitative estimate of drug-likeness (QED) is 0.813. The Morgan fingerprint density at radius 1 is 1.40 bits per heavy atom. The molecular weight excluding hydrogens is 300 g/mol. The average Bonchev–Trinajstić information content (AvgIpc) is 2.84. The summed E-state index contributed by atoms with van der Waals surface area (Å²) >= 11 is 1.11. The van der Waals surface area contributed by atoms with Gasteiger partial charge in [0.25, 0.3) is 0 Å². The highest BCUT2D eigenvalue weighted by atomic mass is 32.2. The third-order valence-corrected chi connectivity index (χ3v) is 5.97. The Kier molecular flexibility index (Phi) is 4.77. The van der Waals surface area contributed by atoms with Gasteiger partial charge in [-0.2, -0.15) is 0 Å². The summed E-state index contributed by atoms with van der Waals surface area (Å²) in [5.74, 6) is -1.05. The Morgan fingerprint density at radius 3 is 2.75 bits per heavy atom. The lowest BCUT2D eigenvalue weighted by Gasteiger charge is -2.21. The zero-order chi connectivity index (χ0) is 14.6. The van der Waals surface area contributed by atoms with E-state index in [0.717, 1.165) is 36.7 Å². The fourth-order valence-corrected chi connectivity index (χ4v) is 4.65. The Morgan fingerprint density at radius 2 is 2.10 bits per heavy atom. The predicted molar refractivity (Wildman–Crippen MR) is 78.2 cm³/mol. The molecular formula is C12H16N2O4S2. The van der Waals surface area contributed by atoms with Gasteiger partial charge < -0.3 is 5.11 Å². The van der Waals surface area contributed by atoms with Crippen molar-refractivity contribution in [3.05, 3.63) is 17.2 Å². The lowest BCUT2D eigenvalue weighted by molar-refractivity contribution is -0.131. The van der Waals surface area contributed by atoms with Crippen LogP contribution in [0.4, 0.5) is 5.13 Å². The topological polar surface area (TPSA) is 96.4 Å². The van der Waals surface area contributed by atoms with Crippen LogP contribution in [-0.4, -0.2) is 29.7 Å². The van der Waals surface area contributed by atoms with Crippen molar-refractivity contribution in [1.82, 2.24) is 4.98 Å². The summed E-state index contributed by atoms with van der Waals surface area (Å²) in [6.45, 7) is 0. The van der Waals surface area contributed by atoms with E-state index >= 15 is 0 Å². The first kappa shape index (κ1) is 15.0. The number of carbonyl (C=O) groups is 1. The van der Waals surface area contributed by atoms with Crippen LogP contribution in [0.1, 0.15) is 37.0 Å². The molecule has 0 bridgehead atoms. The van der Waals surface area contributed by atoms with E-state index in [1.54, 1.807) is 0 Å². The zero-order valence-corrected chi connectivity index (χ0v) is 12.4. The van der Waals surface area contributed by atoms with Crippen LogP contribution in [0.2, 0.25) is 0 Å². The molecule has 1 aromatic heterocycles. The molecule has 1 aliphatic carbocycles. The number of aliphatic carboxylic acids is 1. The molecule has 0 radical (unpaired) electrons. The molecule has 0 aromatic carbocycles. The Bertz CT molecular complexity index is 601. The lowest BCUT2D eigenvalue weighted by Crippen LogP contribution is -2.29. The van der Waals surface area contributed by atoms with Crippen LogP contribution in [0, 0.1) is 0 Å². The van der Waals surface area contributed by atoms with Gasteiger partial charge in [0.15, 0.2) is 5.13 Å². The van der Waals surface area contributed by atoms with Gasteiger partial charge >= 0.3 is 5.97 Å². The summed E-state index contributed by atoms with van der Waals surface area (Å²) in [7, 11) is -3.40. The number of carboxylic acid groups (broad SMARTS) is 1. The lowest BCUT2D eigenvalue weighted by atomic mass is 10.0. The van der Waals surface area contributed by atoms with Gasteiger partial charge in [0, 0.05) is 17.2 Å². The molecule has 2 N–H and O–H groups in total. The second-order valence-corrected chi connectivity index (χ2v) is 7.67. The maximum Gasteiger partial charge on any atom is 0.328 e. The summed E-state index contributed by atoms with van der Waals surface area (Å²) in [6.07, 6.45) is 8.17. The van der Waals surface area contributed by atoms with Gasteiger partial charge in [0.05, 0.1) is 5.25 Å². The summed E-state index contributed by atoms with van der Waals surface area (Å²) in [5.41, 5.74) is 0. The van der Waals surface area contributed by atoms with Crippen LogP contribution in [0.25, 0.3) is 6.08 Å². The molecule has 0 atom stereocenters. The molecule has 20 heavy (non-hydrogen) atoms. The monoisotopic (exact) mass is 316 g/mol. The highest BCUT2D eigenvalue weighted by molar-refractivity contribution is 7.93. The predicted octanol–water partition coefficient (Wildman–Crippen LogP) is 2.32. The van der Waals surface area contributed by atoms with Crippen LogP contribution in [-0.2, 0) is 14.8 Å². The second-order valence-electron chi connectivity index (χ2n) is 4.65. The second kappa shape index (κ2) is 6.36. The van der Waals surface area contributed by atoms with Crippen molar-refractivity contribution in [2.75, 3.05) is 4.72 Å². The Balaban J connectivity index is 2.04. The summed E-state index contributed by atoms with van der Waals surface area (Å²) in [6, 6.07) is 0. The van der Waals surface area contributed by atoms with E-state index in [1.165, 1.54) is 12.3 Å². The zero-order valence-electron chi connectivity index (χ0n) is 10.8. The number of carboxylic acids is 1. The molecule has 1 saturated carbocycles. The largest absolute Gasteiger partial charge is 0.478 e. The minimum absolute atomic E-state index is 0.278. The van der Waals surface area contributed by atoms with Crippen molar-refractivity contribution in [3.63, 3.8) is 0 Å². The minimum atomic E-state index is -3.40. The van der Waals surface area contributed by atoms with Crippen molar-refractivity contribution >= 4 is 38.5 Å². The van der Waals surface area contributed by atoms with Crippen LogP contribution in [0.3, 0.4) is 0 Å². The molecule has 1 aromatic rings. The Labute approximate surface area is 121 Å². The number of aromatic nitrogens is 1. The number of anilines is 1. The van der Waals surface area contributed by atoms with E-state index in [1.807, 2.05) is 0 Å². The minimum Gasteiger partial charge on any atom is -0.478 e. The molecule has 0 amide bonds. The van der Waals surface area contributed by atoms with Crippen LogP contribution < -0.4 is 4.72 Å². The maximum atomic E-state index is 12.2. The Hall–Kier alpha value is -1.41. The fourth-order valence-electron chi connectivity index (χ4n) is 2.14. The molecule has 6 nitrogen and oxygen atoms in total. The first-order valence-corrected chi connectivity index (χ1v) is 8.72. The number of nitrogens with one attached hydrogen (secondary N) is 1. The van der Waals surface area contributed by atoms with Crippen molar-refractivity contribution in [2.45, 2.75) is 37.4 Å². The highest BCUT2D eigenvalue weighted by Crippen LogP contribution is 2.27. The normalized spacial score (nSPS) is 17.4. The molecule has 0 saturated heterocycles. The molecule has 1 fully saturated rings. The van der Waals surface area contributed by atoms with E-state index in [2.05, 4.69) is 9.71 Å². The third-order valence-electron chi connectivity index (χ3n) is 3.13. The average molecular weight is 316 g/mol. The highest BCUT2D eigenvalue weighted by Gasteiger charge is 2.27. The van der Waals surface area contributed by atoms with Crippen LogP contribution in [0.15, 0.2) is 12.3 Å². The van der Waals surface area contributed by atoms with Crippen LogP contribution >= 0.6 is 11.3 Å². The van der Waals surface area contributed by atoms with Gasteiger partial charge in [0.2, 0.25) is 10.0 Å². The van der Waals surface area contributed by atoms with Crippen molar-refractivity contribution in [1.29, 1.82) is 0 Å². The number of sulfonamides is 1. The maximum absolute atomic E-state index is 12.2. The van der Waals surface area contributed by atoms with E-state index in [9.17, 15) is 13.2 Å². The number of hydrogen-bond donors (Lipinski definition) is 2. The molecule has 1 heterocycles. The van der Waals surface area contributed by atoms with Gasteiger partial charge in [-0.3, -0.25) is 4.72 Å². The fraction of sp³-hybridized carbons (Fsp3) is 0.500. The van der Waals surface area contributed by atoms with Crippen molar-refractivity contribution < 1.29 is 18.3 Å². The van der Waals surface area contributed by atoms with E-state index in [-0.39, 0.29) is 10.4 Å². The molecule has 8 heteroatoms. The molecule has 0 aliphatic heterocycles. The molecule has 1 aliphatic rings. The van der Waals surface area contributed by atoms with Crippen molar-refractivity contribution in [2.24, 2.45) is 0 Å². The molecule has 0 spiro atoms. The van der Waals surface area contributed by atoms with E-state index in [4.69, 9.17) is 5.11 Å². The summed E-state index contributed by atoms with van der Waals surface area (Å²) in [5, 5.41) is 8.45. The number of rotatable bonds is 5. The van der Waals surface area contributed by atoms with Gasteiger partial charge in [0.1, 0.15) is 0 Å². The van der Waals surface area contributed by atoms with Gasteiger partial charge in [-0.05, 0) is 18.9 Å². The van der Waals surface area contributed by atoms with Crippen molar-refractivity contribution in [3.8, 4) is 0 Å². The number of nitrogens with zero attached hydrogens (tertiary/aromatic N) is 1. The van der Waals surface area contributed by atoms with Gasteiger partial charge in [-0.1, -0.05) is 30.6 Å². The number of thiazole rings is 1. The standard InChI is InChI=1S/C12H16N2O4S2/c15-11(16)7-6-9-8-13-12(19-9)14-20(17,18)10-4-2-1-3-5-10/h6-8,10H,1-5H2,(H,13,14)(H,15,16). The smallest absolute Gasteiger partial charge is 0.328 e. The van der Waals surface area contributed by atoms with Gasteiger partial charge in [-0.15, -0.1) is 0 Å². The molecule has 110 valence electrons. The van der Waals surface area contributed by atoms with Crippen LogP contribution in [0.5, 0.6) is 0 Å². The SMILES string of the molecule is O=C(O)C=Cc1cnc(NS(=O)(=O)C2CCCCC2)s1. The molecule has 2 rings (SSSR count). The first-order valence-electron chi connectivity index (χ1n) is 6.36. The van der Waals surface area contributed by atoms with E-state index in [0.29, 0.717) is 17.7 Å². The van der Waals surface area contributed by atoms with Gasteiger partial charge in [-0.25, -0.2) is 18.2 Å². The first-order chi connectivity index (χ1) is 9.47. The number of hydrogen-bond acceptors (Lipinski definition) is 5. The van der Waals surface area contributed by atoms with E-state index < -0.39 is 16.0 Å².